The van der Waals surface area contributed by atoms with Crippen molar-refractivity contribution in [3.8, 4) is 11.5 Å². The van der Waals surface area contributed by atoms with Gasteiger partial charge in [-0.3, -0.25) is 9.59 Å². The molecule has 0 bridgehead atoms. The Labute approximate surface area is 143 Å². The summed E-state index contributed by atoms with van der Waals surface area (Å²) in [7, 11) is 0. The summed E-state index contributed by atoms with van der Waals surface area (Å²) in [6.07, 6.45) is 0. The van der Waals surface area contributed by atoms with Crippen LogP contribution in [0.2, 0.25) is 5.02 Å². The molecule has 0 saturated heterocycles. The van der Waals surface area contributed by atoms with E-state index in [9.17, 15) is 9.59 Å². The van der Waals surface area contributed by atoms with Crippen LogP contribution in [0.1, 0.15) is 18.5 Å². The monoisotopic (exact) mass is 346 g/mol. The summed E-state index contributed by atoms with van der Waals surface area (Å²) < 4.78 is 10.5. The van der Waals surface area contributed by atoms with Crippen LogP contribution in [0.3, 0.4) is 0 Å². The molecule has 0 saturated carbocycles. The van der Waals surface area contributed by atoms with E-state index < -0.39 is 11.8 Å². The topological polar surface area (TPSA) is 76.7 Å². The second-order valence-corrected chi connectivity index (χ2v) is 5.71. The van der Waals surface area contributed by atoms with Crippen LogP contribution < -0.4 is 20.1 Å². The lowest BCUT2D eigenvalue weighted by Crippen LogP contribution is -2.36. The zero-order valence-corrected chi connectivity index (χ0v) is 13.6. The summed E-state index contributed by atoms with van der Waals surface area (Å²) in [4.78, 5) is 24.0. The Balaban J connectivity index is 1.61. The predicted molar refractivity (Wildman–Crippen MR) is 89.2 cm³/mol. The van der Waals surface area contributed by atoms with Crippen molar-refractivity contribution in [3.63, 3.8) is 0 Å². The van der Waals surface area contributed by atoms with E-state index in [2.05, 4.69) is 10.6 Å². The zero-order chi connectivity index (χ0) is 17.1. The van der Waals surface area contributed by atoms with Gasteiger partial charge in [-0.15, -0.1) is 0 Å². The minimum absolute atomic E-state index is 0.184. The van der Waals surface area contributed by atoms with E-state index in [1.54, 1.807) is 43.3 Å². The third-order valence-corrected chi connectivity index (χ3v) is 3.80. The predicted octanol–water partition coefficient (Wildman–Crippen LogP) is 2.88. The molecule has 2 aromatic rings. The number of rotatable bonds is 3. The number of hydrogen-bond donors (Lipinski definition) is 2. The van der Waals surface area contributed by atoms with Crippen LogP contribution in [0.4, 0.5) is 5.69 Å². The normalized spacial score (nSPS) is 13.2. The fraction of sp³-hybridized carbons (Fsp3) is 0.176. The Bertz CT molecular complexity index is 777. The van der Waals surface area contributed by atoms with Crippen LogP contribution in [0, 0.1) is 0 Å². The molecule has 0 aromatic heterocycles. The smallest absolute Gasteiger partial charge is 0.313 e. The highest BCUT2D eigenvalue weighted by Gasteiger charge is 2.20. The molecule has 3 rings (SSSR count). The number of carbonyl (C=O) groups excluding carboxylic acids is 2. The highest BCUT2D eigenvalue weighted by molar-refractivity contribution is 6.39. The van der Waals surface area contributed by atoms with Crippen molar-refractivity contribution in [2.45, 2.75) is 13.0 Å². The maximum atomic E-state index is 12.0. The lowest BCUT2D eigenvalue weighted by Gasteiger charge is -2.14. The maximum absolute atomic E-state index is 12.0. The van der Waals surface area contributed by atoms with E-state index in [1.165, 1.54) is 0 Å². The van der Waals surface area contributed by atoms with E-state index in [0.717, 1.165) is 5.56 Å². The summed E-state index contributed by atoms with van der Waals surface area (Å²) in [5, 5.41) is 5.71. The molecule has 0 aliphatic carbocycles. The van der Waals surface area contributed by atoms with Gasteiger partial charge in [0.05, 0.1) is 6.04 Å². The molecule has 2 aromatic carbocycles. The first kappa shape index (κ1) is 16.1. The van der Waals surface area contributed by atoms with E-state index >= 15 is 0 Å². The molecule has 0 fully saturated rings. The Morgan fingerprint density at radius 1 is 1.04 bits per heavy atom. The van der Waals surface area contributed by atoms with Crippen molar-refractivity contribution in [3.05, 3.63) is 53.1 Å². The number of benzene rings is 2. The minimum atomic E-state index is -0.745. The molecule has 0 spiro atoms. The molecule has 2 amide bonds. The molecule has 7 heteroatoms. The summed E-state index contributed by atoms with van der Waals surface area (Å²) >= 11 is 5.78. The summed E-state index contributed by atoms with van der Waals surface area (Å²) in [5.74, 6) is -0.183. The molecular weight excluding hydrogens is 332 g/mol. The first-order valence-corrected chi connectivity index (χ1v) is 7.67. The van der Waals surface area contributed by atoms with Gasteiger partial charge in [-0.25, -0.2) is 0 Å². The lowest BCUT2D eigenvalue weighted by molar-refractivity contribution is -0.136. The second kappa shape index (κ2) is 6.80. The van der Waals surface area contributed by atoms with E-state index in [-0.39, 0.29) is 12.8 Å². The first-order valence-electron chi connectivity index (χ1n) is 7.30. The number of hydrogen-bond acceptors (Lipinski definition) is 4. The fourth-order valence-corrected chi connectivity index (χ4v) is 2.38. The molecule has 1 heterocycles. The van der Waals surface area contributed by atoms with E-state index in [4.69, 9.17) is 21.1 Å². The van der Waals surface area contributed by atoms with Gasteiger partial charge in [0.2, 0.25) is 6.79 Å². The largest absolute Gasteiger partial charge is 0.454 e. The molecule has 6 nitrogen and oxygen atoms in total. The second-order valence-electron chi connectivity index (χ2n) is 5.27. The van der Waals surface area contributed by atoms with Crippen LogP contribution >= 0.6 is 11.6 Å². The Kier molecular flexibility index (Phi) is 4.57. The third kappa shape index (κ3) is 3.60. The molecule has 124 valence electrons. The Morgan fingerprint density at radius 2 is 1.75 bits per heavy atom. The van der Waals surface area contributed by atoms with Crippen LogP contribution in [-0.4, -0.2) is 18.6 Å². The van der Waals surface area contributed by atoms with Gasteiger partial charge in [0.25, 0.3) is 0 Å². The van der Waals surface area contributed by atoms with E-state index in [1.807, 2.05) is 6.07 Å². The summed E-state index contributed by atoms with van der Waals surface area (Å²) in [6, 6.07) is 11.5. The summed E-state index contributed by atoms with van der Waals surface area (Å²) in [6.45, 7) is 1.97. The minimum Gasteiger partial charge on any atom is -0.454 e. The van der Waals surface area contributed by atoms with Crippen LogP contribution in [-0.2, 0) is 9.59 Å². The number of halogens is 1. The van der Waals surface area contributed by atoms with Gasteiger partial charge in [0, 0.05) is 10.7 Å². The highest BCUT2D eigenvalue weighted by atomic mass is 35.5. The number of anilines is 1. The van der Waals surface area contributed by atoms with Gasteiger partial charge in [0.1, 0.15) is 0 Å². The molecule has 1 aliphatic rings. The van der Waals surface area contributed by atoms with Gasteiger partial charge >= 0.3 is 11.8 Å². The number of amides is 2. The average Bonchev–Trinajstić information content (AvgIpc) is 3.04. The molecular formula is C17H15ClN2O4. The van der Waals surface area contributed by atoms with Crippen molar-refractivity contribution < 1.29 is 19.1 Å². The molecule has 1 unspecified atom stereocenters. The SMILES string of the molecule is CC(NC(=O)C(=O)Nc1ccc(Cl)cc1)c1ccc2c(c1)OCO2. The number of nitrogens with one attached hydrogen (secondary N) is 2. The molecule has 0 radical (unpaired) electrons. The number of ether oxygens (including phenoxy) is 2. The Hall–Kier alpha value is -2.73. The Morgan fingerprint density at radius 3 is 2.50 bits per heavy atom. The number of fused-ring (bicyclic) bond motifs is 1. The standard InChI is InChI=1S/C17H15ClN2O4/c1-10(11-2-7-14-15(8-11)24-9-23-14)19-16(21)17(22)20-13-5-3-12(18)4-6-13/h2-8,10H,9H2,1H3,(H,19,21)(H,20,22). The van der Waals surface area contributed by atoms with Crippen molar-refractivity contribution in [1.29, 1.82) is 0 Å². The molecule has 24 heavy (non-hydrogen) atoms. The van der Waals surface area contributed by atoms with Crippen molar-refractivity contribution in [2.24, 2.45) is 0 Å². The zero-order valence-electron chi connectivity index (χ0n) is 12.8. The summed E-state index contributed by atoms with van der Waals surface area (Å²) in [5.41, 5.74) is 1.31. The molecule has 2 N–H and O–H groups in total. The van der Waals surface area contributed by atoms with Crippen molar-refractivity contribution in [1.82, 2.24) is 5.32 Å². The first-order chi connectivity index (χ1) is 11.5. The van der Waals surface area contributed by atoms with Gasteiger partial charge in [-0.1, -0.05) is 17.7 Å². The quantitative estimate of drug-likeness (QED) is 0.838. The van der Waals surface area contributed by atoms with Gasteiger partial charge < -0.3 is 20.1 Å². The van der Waals surface area contributed by atoms with Crippen LogP contribution in [0.15, 0.2) is 42.5 Å². The maximum Gasteiger partial charge on any atom is 0.313 e. The van der Waals surface area contributed by atoms with Crippen LogP contribution in [0.25, 0.3) is 0 Å². The third-order valence-electron chi connectivity index (χ3n) is 3.55. The highest BCUT2D eigenvalue weighted by Crippen LogP contribution is 2.34. The number of carbonyl (C=O) groups is 2. The van der Waals surface area contributed by atoms with Gasteiger partial charge in [-0.2, -0.15) is 0 Å². The van der Waals surface area contributed by atoms with Gasteiger partial charge in [0.15, 0.2) is 11.5 Å². The van der Waals surface area contributed by atoms with Crippen molar-refractivity contribution in [2.75, 3.05) is 12.1 Å². The lowest BCUT2D eigenvalue weighted by atomic mass is 10.1. The van der Waals surface area contributed by atoms with Gasteiger partial charge in [-0.05, 0) is 48.9 Å². The fourth-order valence-electron chi connectivity index (χ4n) is 2.25. The van der Waals surface area contributed by atoms with E-state index in [0.29, 0.717) is 22.2 Å². The molecule has 1 aliphatic heterocycles. The average molecular weight is 347 g/mol. The van der Waals surface area contributed by atoms with Crippen molar-refractivity contribution >= 4 is 29.1 Å². The van der Waals surface area contributed by atoms with Crippen LogP contribution in [0.5, 0.6) is 11.5 Å². The molecule has 1 atom stereocenters.